The normalized spacial score (nSPS) is 33.5. The van der Waals surface area contributed by atoms with E-state index >= 15 is 0 Å². The van der Waals surface area contributed by atoms with Crippen molar-refractivity contribution in [2.24, 2.45) is 0 Å². The van der Waals surface area contributed by atoms with Gasteiger partial charge in [-0.2, -0.15) is 0 Å². The van der Waals surface area contributed by atoms with Gasteiger partial charge in [0.1, 0.15) is 48.8 Å². The SMILES string of the molecule is C=CCOC[C@H]1O[C@@H](O[C@H]2[C@H](OCC=C)[C@@H](OCC=C)[C@@H](OCC=C)O[C@@H]2COCC=C)[C@H](OCC=C)[C@@H](O)[C@H]1O. The van der Waals surface area contributed by atoms with Gasteiger partial charge in [-0.1, -0.05) is 36.5 Å². The molecule has 0 radical (unpaired) electrons. The Kier molecular flexibility index (Phi) is 17.2. The van der Waals surface area contributed by atoms with Gasteiger partial charge in [-0.3, -0.25) is 0 Å². The number of rotatable bonds is 22. The summed E-state index contributed by atoms with van der Waals surface area (Å²) in [5.74, 6) is 0. The van der Waals surface area contributed by atoms with Crippen molar-refractivity contribution in [1.29, 1.82) is 0 Å². The number of aliphatic hydroxyl groups is 2. The highest BCUT2D eigenvalue weighted by Crippen LogP contribution is 2.33. The van der Waals surface area contributed by atoms with E-state index in [1.54, 1.807) is 30.4 Å². The van der Waals surface area contributed by atoms with Gasteiger partial charge in [0.05, 0.1) is 52.9 Å². The lowest BCUT2D eigenvalue weighted by atomic mass is 9.96. The minimum absolute atomic E-state index is 0.0236. The van der Waals surface area contributed by atoms with E-state index in [0.717, 1.165) is 0 Å². The highest BCUT2D eigenvalue weighted by Gasteiger charge is 2.53. The molecule has 11 heteroatoms. The van der Waals surface area contributed by atoms with E-state index in [1.165, 1.54) is 6.08 Å². The summed E-state index contributed by atoms with van der Waals surface area (Å²) in [7, 11) is 0. The molecule has 232 valence electrons. The third kappa shape index (κ3) is 10.7. The Hall–Kier alpha value is -2.00. The van der Waals surface area contributed by atoms with Crippen LogP contribution in [0.2, 0.25) is 0 Å². The molecule has 0 amide bonds. The maximum absolute atomic E-state index is 11.0. The summed E-state index contributed by atoms with van der Waals surface area (Å²) < 4.78 is 54.1. The van der Waals surface area contributed by atoms with Crippen LogP contribution in [0.3, 0.4) is 0 Å². The number of ether oxygens (including phenoxy) is 9. The van der Waals surface area contributed by atoms with Crippen molar-refractivity contribution < 1.29 is 52.8 Å². The molecule has 2 saturated heterocycles. The van der Waals surface area contributed by atoms with Gasteiger partial charge in [-0.15, -0.1) is 39.5 Å². The molecule has 0 saturated carbocycles. The molecule has 0 aliphatic carbocycles. The molecule has 0 spiro atoms. The maximum atomic E-state index is 11.0. The molecular formula is C30H46O11. The molecule has 2 aliphatic rings. The van der Waals surface area contributed by atoms with Crippen LogP contribution in [-0.2, 0) is 42.6 Å². The quantitative estimate of drug-likeness (QED) is 0.144. The molecule has 10 atom stereocenters. The van der Waals surface area contributed by atoms with Gasteiger partial charge >= 0.3 is 0 Å². The average Bonchev–Trinajstić information content (AvgIpc) is 2.97. The first-order chi connectivity index (χ1) is 20.0. The first-order valence-electron chi connectivity index (χ1n) is 13.6. The van der Waals surface area contributed by atoms with Crippen molar-refractivity contribution in [3.05, 3.63) is 75.9 Å². The summed E-state index contributed by atoms with van der Waals surface area (Å²) in [6.45, 7) is 23.3. The van der Waals surface area contributed by atoms with E-state index < -0.39 is 61.4 Å². The van der Waals surface area contributed by atoms with Crippen LogP contribution in [0.25, 0.3) is 0 Å². The highest BCUT2D eigenvalue weighted by molar-refractivity contribution is 4.97. The molecule has 2 heterocycles. The molecule has 0 unspecified atom stereocenters. The number of aliphatic hydroxyl groups excluding tert-OH is 2. The van der Waals surface area contributed by atoms with Crippen LogP contribution >= 0.6 is 0 Å². The van der Waals surface area contributed by atoms with Crippen LogP contribution in [0.4, 0.5) is 0 Å². The second-order valence-corrected chi connectivity index (χ2v) is 9.20. The Morgan fingerprint density at radius 1 is 0.488 bits per heavy atom. The van der Waals surface area contributed by atoms with Crippen LogP contribution in [-0.4, -0.2) is 124 Å². The molecule has 11 nitrogen and oxygen atoms in total. The summed E-state index contributed by atoms with van der Waals surface area (Å²) >= 11 is 0. The van der Waals surface area contributed by atoms with Crippen molar-refractivity contribution in [2.75, 3.05) is 52.9 Å². The Bertz CT molecular complexity index is 803. The summed E-state index contributed by atoms with van der Waals surface area (Å²) in [4.78, 5) is 0. The topological polar surface area (TPSA) is 124 Å². The van der Waals surface area contributed by atoms with Crippen molar-refractivity contribution in [1.82, 2.24) is 0 Å². The van der Waals surface area contributed by atoms with Crippen molar-refractivity contribution in [3.63, 3.8) is 0 Å². The molecule has 41 heavy (non-hydrogen) atoms. The average molecular weight is 583 g/mol. The summed E-state index contributed by atoms with van der Waals surface area (Å²) in [6.07, 6.45) is -0.427. The number of hydrogen-bond acceptors (Lipinski definition) is 11. The zero-order valence-electron chi connectivity index (χ0n) is 23.7. The Balaban J connectivity index is 2.46. The lowest BCUT2D eigenvalue weighted by Crippen LogP contribution is -2.66. The minimum atomic E-state index is -1.37. The molecule has 2 aliphatic heterocycles. The summed E-state index contributed by atoms with van der Waals surface area (Å²) in [5, 5.41) is 21.8. The fraction of sp³-hybridized carbons (Fsp3) is 0.600. The zero-order valence-corrected chi connectivity index (χ0v) is 23.7. The lowest BCUT2D eigenvalue weighted by Gasteiger charge is -2.49. The van der Waals surface area contributed by atoms with E-state index in [-0.39, 0.29) is 52.9 Å². The van der Waals surface area contributed by atoms with Gasteiger partial charge in [0, 0.05) is 0 Å². The van der Waals surface area contributed by atoms with Crippen LogP contribution < -0.4 is 0 Å². The smallest absolute Gasteiger partial charge is 0.187 e. The van der Waals surface area contributed by atoms with Gasteiger partial charge in [0.15, 0.2) is 12.6 Å². The monoisotopic (exact) mass is 582 g/mol. The largest absolute Gasteiger partial charge is 0.387 e. The van der Waals surface area contributed by atoms with E-state index in [1.807, 2.05) is 0 Å². The third-order valence-electron chi connectivity index (χ3n) is 6.16. The fourth-order valence-electron chi connectivity index (χ4n) is 4.40. The Morgan fingerprint density at radius 2 is 0.951 bits per heavy atom. The first-order valence-corrected chi connectivity index (χ1v) is 13.6. The highest BCUT2D eigenvalue weighted by atomic mass is 16.8. The predicted molar refractivity (Wildman–Crippen MR) is 152 cm³/mol. The van der Waals surface area contributed by atoms with E-state index in [0.29, 0.717) is 0 Å². The standard InChI is InChI=1S/C30H46O11/c1-7-13-33-19-21-23(31)24(32)26(35-15-9-3)30(39-21)41-25-22(20-34-14-8-2)40-29(38-18-12-6)28(37-17-11-5)27(25)36-16-10-4/h7-12,21-32H,1-6,13-20H2/t21-,22-,23+,24+,25-,26-,27+,28-,29+,30+/m1/s1. The number of hydrogen-bond donors (Lipinski definition) is 2. The van der Waals surface area contributed by atoms with Gasteiger partial charge in [-0.25, -0.2) is 0 Å². The van der Waals surface area contributed by atoms with Crippen LogP contribution in [0.15, 0.2) is 75.9 Å². The molecule has 2 N–H and O–H groups in total. The zero-order chi connectivity index (χ0) is 30.0. The molecule has 0 aromatic heterocycles. The lowest BCUT2D eigenvalue weighted by molar-refractivity contribution is -0.367. The van der Waals surface area contributed by atoms with Crippen molar-refractivity contribution in [3.8, 4) is 0 Å². The molecule has 0 aromatic carbocycles. The van der Waals surface area contributed by atoms with Crippen molar-refractivity contribution in [2.45, 2.75) is 61.4 Å². The Labute approximate surface area is 243 Å². The third-order valence-corrected chi connectivity index (χ3v) is 6.16. The first kappa shape index (κ1) is 35.2. The van der Waals surface area contributed by atoms with Gasteiger partial charge in [0.25, 0.3) is 0 Å². The second-order valence-electron chi connectivity index (χ2n) is 9.20. The van der Waals surface area contributed by atoms with Gasteiger partial charge in [0.2, 0.25) is 0 Å². The van der Waals surface area contributed by atoms with Crippen LogP contribution in [0.5, 0.6) is 0 Å². The van der Waals surface area contributed by atoms with Crippen LogP contribution in [0.1, 0.15) is 0 Å². The molecule has 0 bridgehead atoms. The Morgan fingerprint density at radius 3 is 1.51 bits per heavy atom. The predicted octanol–water partition coefficient (Wildman–Crippen LogP) is 1.86. The summed E-state index contributed by atoms with van der Waals surface area (Å²) in [6, 6.07) is 0. The van der Waals surface area contributed by atoms with Gasteiger partial charge < -0.3 is 52.8 Å². The summed E-state index contributed by atoms with van der Waals surface area (Å²) in [5.41, 5.74) is 0. The maximum Gasteiger partial charge on any atom is 0.187 e. The van der Waals surface area contributed by atoms with E-state index in [9.17, 15) is 10.2 Å². The molecular weight excluding hydrogens is 536 g/mol. The molecule has 2 rings (SSSR count). The second kappa shape index (κ2) is 20.0. The minimum Gasteiger partial charge on any atom is -0.387 e. The van der Waals surface area contributed by atoms with E-state index in [4.69, 9.17) is 42.6 Å². The van der Waals surface area contributed by atoms with E-state index in [2.05, 4.69) is 39.5 Å². The molecule has 2 fully saturated rings. The molecule has 0 aromatic rings. The van der Waals surface area contributed by atoms with Crippen molar-refractivity contribution >= 4 is 0 Å². The fourth-order valence-corrected chi connectivity index (χ4v) is 4.40. The van der Waals surface area contributed by atoms with Crippen LogP contribution in [0, 0.1) is 0 Å². The van der Waals surface area contributed by atoms with Gasteiger partial charge in [-0.05, 0) is 0 Å².